The van der Waals surface area contributed by atoms with Crippen molar-refractivity contribution < 1.29 is 24.0 Å². The molecule has 2 N–H and O–H groups in total. The minimum atomic E-state index is -1.72. The lowest BCUT2D eigenvalue weighted by Crippen LogP contribution is -2.30. The van der Waals surface area contributed by atoms with Gasteiger partial charge in [-0.25, -0.2) is 4.39 Å². The lowest BCUT2D eigenvalue weighted by Gasteiger charge is -2.13. The van der Waals surface area contributed by atoms with Crippen LogP contribution in [0.2, 0.25) is 0 Å². The molecule has 0 aromatic heterocycles. The van der Waals surface area contributed by atoms with Gasteiger partial charge in [0.15, 0.2) is 18.3 Å². The van der Waals surface area contributed by atoms with Crippen LogP contribution in [0.15, 0.2) is 18.2 Å². The highest BCUT2D eigenvalue weighted by atomic mass is 19.1. The van der Waals surface area contributed by atoms with Crippen molar-refractivity contribution in [3.05, 3.63) is 24.0 Å². The van der Waals surface area contributed by atoms with Gasteiger partial charge in [-0.1, -0.05) is 6.07 Å². The molecule has 1 aromatic carbocycles. The number of carbonyl (C=O) groups excluding carboxylic acids is 1. The van der Waals surface area contributed by atoms with E-state index in [1.54, 1.807) is 0 Å². The molecular formula is C9H11BFNO4. The summed E-state index contributed by atoms with van der Waals surface area (Å²) in [5.74, 6) is -0.775. The predicted octanol–water partition coefficient (Wildman–Crippen LogP) is -1.07. The van der Waals surface area contributed by atoms with E-state index < -0.39 is 12.9 Å². The lowest BCUT2D eigenvalue weighted by molar-refractivity contribution is -0.119. The minimum absolute atomic E-state index is 0.0357. The van der Waals surface area contributed by atoms with E-state index in [1.807, 2.05) is 0 Å². The average Bonchev–Trinajstić information content (AvgIpc) is 2.26. The van der Waals surface area contributed by atoms with E-state index in [0.717, 1.165) is 6.07 Å². The Morgan fingerprint density at radius 1 is 1.56 bits per heavy atom. The van der Waals surface area contributed by atoms with Crippen molar-refractivity contribution in [1.29, 1.82) is 0 Å². The average molecular weight is 227 g/mol. The van der Waals surface area contributed by atoms with E-state index in [-0.39, 0.29) is 17.9 Å². The molecule has 0 spiro atoms. The van der Waals surface area contributed by atoms with Crippen molar-refractivity contribution in [1.82, 2.24) is 4.90 Å². The number of nitrogens with zero attached hydrogens (tertiary/aromatic N) is 1. The summed E-state index contributed by atoms with van der Waals surface area (Å²) in [4.78, 5) is 11.4. The summed E-state index contributed by atoms with van der Waals surface area (Å²) in [6.45, 7) is -0.0819. The number of amides is 1. The van der Waals surface area contributed by atoms with Crippen molar-refractivity contribution in [3.63, 3.8) is 0 Å². The number of carbonyl (C=O) groups is 1. The first-order valence-electron chi connectivity index (χ1n) is 4.48. The molecule has 0 bridgehead atoms. The van der Waals surface area contributed by atoms with Crippen molar-refractivity contribution in [3.8, 4) is 5.75 Å². The number of ether oxygens (including phenoxy) is 1. The third-order valence-corrected chi connectivity index (χ3v) is 1.86. The fourth-order valence-electron chi connectivity index (χ4n) is 0.997. The number of halogens is 1. The van der Waals surface area contributed by atoms with Crippen molar-refractivity contribution in [2.75, 3.05) is 13.8 Å². The topological polar surface area (TPSA) is 70.0 Å². The van der Waals surface area contributed by atoms with Gasteiger partial charge in [-0.2, -0.15) is 0 Å². The van der Waals surface area contributed by atoms with E-state index in [2.05, 4.69) is 0 Å². The highest BCUT2D eigenvalue weighted by Crippen LogP contribution is 2.14. The van der Waals surface area contributed by atoms with Crippen molar-refractivity contribution >= 4 is 19.0 Å². The normalized spacial score (nSPS) is 9.75. The second-order valence-corrected chi connectivity index (χ2v) is 3.20. The van der Waals surface area contributed by atoms with Gasteiger partial charge in [0.2, 0.25) is 6.41 Å². The largest absolute Gasteiger partial charge is 0.488 e. The Morgan fingerprint density at radius 3 is 2.75 bits per heavy atom. The number of hydrogen-bond acceptors (Lipinski definition) is 4. The van der Waals surface area contributed by atoms with Gasteiger partial charge in [0.1, 0.15) is 0 Å². The summed E-state index contributed by atoms with van der Waals surface area (Å²) in [6.07, 6.45) is 0.545. The second kappa shape index (κ2) is 5.48. The minimum Gasteiger partial charge on any atom is -0.470 e. The van der Waals surface area contributed by atoms with Crippen LogP contribution in [0, 0.1) is 5.82 Å². The van der Waals surface area contributed by atoms with Gasteiger partial charge >= 0.3 is 7.12 Å². The quantitative estimate of drug-likeness (QED) is 0.381. The molecule has 0 fully saturated rings. The molecule has 0 aliphatic heterocycles. The Morgan fingerprint density at radius 2 is 2.25 bits per heavy atom. The van der Waals surface area contributed by atoms with Crippen LogP contribution in [0.3, 0.4) is 0 Å². The first-order chi connectivity index (χ1) is 7.54. The fourth-order valence-corrected chi connectivity index (χ4v) is 0.997. The van der Waals surface area contributed by atoms with Crippen LogP contribution in [-0.2, 0) is 4.79 Å². The molecule has 1 rings (SSSR count). The van der Waals surface area contributed by atoms with Crippen LogP contribution in [0.5, 0.6) is 5.75 Å². The third-order valence-electron chi connectivity index (χ3n) is 1.86. The van der Waals surface area contributed by atoms with Gasteiger partial charge < -0.3 is 19.7 Å². The maximum atomic E-state index is 13.3. The molecule has 7 heteroatoms. The van der Waals surface area contributed by atoms with Gasteiger partial charge in [-0.05, 0) is 17.6 Å². The SMILES string of the molecule is CN(C=O)COc1ccc(B(O)O)cc1F. The fraction of sp³-hybridized carbons (Fsp3) is 0.222. The highest BCUT2D eigenvalue weighted by molar-refractivity contribution is 6.58. The molecule has 1 amide bonds. The monoisotopic (exact) mass is 227 g/mol. The van der Waals surface area contributed by atoms with E-state index in [0.29, 0.717) is 6.41 Å². The third kappa shape index (κ3) is 3.21. The van der Waals surface area contributed by atoms with Crippen molar-refractivity contribution in [2.45, 2.75) is 0 Å². The molecule has 16 heavy (non-hydrogen) atoms. The first kappa shape index (κ1) is 12.5. The second-order valence-electron chi connectivity index (χ2n) is 3.20. The smallest absolute Gasteiger partial charge is 0.470 e. The summed E-state index contributed by atoms with van der Waals surface area (Å²) in [6, 6.07) is 3.55. The molecule has 1 aromatic rings. The molecule has 0 aliphatic carbocycles. The molecular weight excluding hydrogens is 216 g/mol. The van der Waals surface area contributed by atoms with Gasteiger partial charge in [-0.3, -0.25) is 4.79 Å². The summed E-state index contributed by atoms with van der Waals surface area (Å²) in [5, 5.41) is 17.6. The molecule has 5 nitrogen and oxygen atoms in total. The van der Waals surface area contributed by atoms with Crippen LogP contribution >= 0.6 is 0 Å². The summed E-state index contributed by atoms with van der Waals surface area (Å²) in [7, 11) is -0.238. The zero-order valence-corrected chi connectivity index (χ0v) is 8.63. The Hall–Kier alpha value is -1.60. The molecule has 0 aliphatic rings. The summed E-state index contributed by atoms with van der Waals surface area (Å²) >= 11 is 0. The van der Waals surface area contributed by atoms with E-state index in [1.165, 1.54) is 24.1 Å². The first-order valence-corrected chi connectivity index (χ1v) is 4.48. The highest BCUT2D eigenvalue weighted by Gasteiger charge is 2.14. The van der Waals surface area contributed by atoms with E-state index in [4.69, 9.17) is 14.8 Å². The Labute approximate surface area is 92.2 Å². The standard InChI is InChI=1S/C9H11BFNO4/c1-12(5-13)6-16-9-3-2-7(10(14)15)4-8(9)11/h2-5,14-15H,6H2,1H3. The maximum Gasteiger partial charge on any atom is 0.488 e. The maximum absolute atomic E-state index is 13.3. The van der Waals surface area contributed by atoms with Gasteiger partial charge in [0, 0.05) is 7.05 Å². The molecule has 0 radical (unpaired) electrons. The van der Waals surface area contributed by atoms with Crippen LogP contribution in [0.4, 0.5) is 4.39 Å². The number of hydrogen-bond donors (Lipinski definition) is 2. The number of benzene rings is 1. The summed E-state index contributed by atoms with van der Waals surface area (Å²) < 4.78 is 18.3. The predicted molar refractivity (Wildman–Crippen MR) is 55.5 cm³/mol. The number of rotatable bonds is 5. The van der Waals surface area contributed by atoms with E-state index >= 15 is 0 Å². The Kier molecular flexibility index (Phi) is 4.27. The van der Waals surface area contributed by atoms with Gasteiger partial charge in [-0.15, -0.1) is 0 Å². The Balaban J connectivity index is 2.71. The van der Waals surface area contributed by atoms with E-state index in [9.17, 15) is 9.18 Å². The molecule has 0 heterocycles. The van der Waals surface area contributed by atoms with Gasteiger partial charge in [0.25, 0.3) is 0 Å². The molecule has 0 saturated heterocycles. The molecule has 0 saturated carbocycles. The molecule has 0 atom stereocenters. The van der Waals surface area contributed by atoms with Crippen LogP contribution < -0.4 is 10.2 Å². The summed E-state index contributed by atoms with van der Waals surface area (Å²) in [5.41, 5.74) is 0.0357. The zero-order chi connectivity index (χ0) is 12.1. The molecule has 0 unspecified atom stereocenters. The zero-order valence-electron chi connectivity index (χ0n) is 8.63. The van der Waals surface area contributed by atoms with Crippen LogP contribution in [0.1, 0.15) is 0 Å². The molecule has 86 valence electrons. The Bertz CT molecular complexity index is 375. The van der Waals surface area contributed by atoms with Gasteiger partial charge in [0.05, 0.1) is 0 Å². The van der Waals surface area contributed by atoms with Crippen LogP contribution in [-0.4, -0.2) is 42.3 Å². The van der Waals surface area contributed by atoms with Crippen molar-refractivity contribution in [2.24, 2.45) is 0 Å². The van der Waals surface area contributed by atoms with Crippen LogP contribution in [0.25, 0.3) is 0 Å². The lowest BCUT2D eigenvalue weighted by atomic mass is 9.80.